The lowest BCUT2D eigenvalue weighted by molar-refractivity contribution is 0.0765. The fourth-order valence-electron chi connectivity index (χ4n) is 2.01. The lowest BCUT2D eigenvalue weighted by atomic mass is 9.84. The average Bonchev–Trinajstić information content (AvgIpc) is 2.40. The number of benzene rings is 2. The Morgan fingerprint density at radius 1 is 0.941 bits per heavy atom. The molecule has 88 valence electrons. The van der Waals surface area contributed by atoms with Crippen LogP contribution in [0.2, 0.25) is 5.02 Å². The molecule has 0 saturated heterocycles. The first-order valence-corrected chi connectivity index (χ1v) is 6.08. The van der Waals surface area contributed by atoms with E-state index < -0.39 is 5.60 Å². The highest BCUT2D eigenvalue weighted by Crippen LogP contribution is 2.33. The largest absolute Gasteiger partial charge is 0.380 e. The molecule has 0 unspecified atom stereocenters. The van der Waals surface area contributed by atoms with Gasteiger partial charge < -0.3 is 5.11 Å². The Morgan fingerprint density at radius 3 is 2.00 bits per heavy atom. The van der Waals surface area contributed by atoms with E-state index in [4.69, 9.17) is 11.6 Å². The molecule has 0 fully saturated rings. The van der Waals surface area contributed by atoms with Crippen molar-refractivity contribution < 1.29 is 5.11 Å². The van der Waals surface area contributed by atoms with E-state index in [0.717, 1.165) is 11.1 Å². The van der Waals surface area contributed by atoms with Crippen LogP contribution in [0.15, 0.2) is 54.6 Å². The van der Waals surface area contributed by atoms with Crippen LogP contribution in [0.4, 0.5) is 0 Å². The van der Waals surface area contributed by atoms with Gasteiger partial charge in [0.1, 0.15) is 5.60 Å². The van der Waals surface area contributed by atoms with Gasteiger partial charge in [-0.3, -0.25) is 0 Å². The summed E-state index contributed by atoms with van der Waals surface area (Å²) in [7, 11) is 0. The Balaban J connectivity index is 2.48. The minimum Gasteiger partial charge on any atom is -0.380 e. The topological polar surface area (TPSA) is 20.2 Å². The summed E-state index contributed by atoms with van der Waals surface area (Å²) in [4.78, 5) is 0. The van der Waals surface area contributed by atoms with Crippen molar-refractivity contribution in [3.8, 4) is 0 Å². The van der Waals surface area contributed by atoms with Crippen LogP contribution in [0.5, 0.6) is 0 Å². The minimum absolute atomic E-state index is 0.624. The maximum atomic E-state index is 10.8. The first kappa shape index (κ1) is 12.2. The van der Waals surface area contributed by atoms with E-state index >= 15 is 0 Å². The summed E-state index contributed by atoms with van der Waals surface area (Å²) >= 11 is 5.87. The number of hydrogen-bond acceptors (Lipinski definition) is 1. The van der Waals surface area contributed by atoms with Gasteiger partial charge in [-0.2, -0.15) is 0 Å². The Labute approximate surface area is 107 Å². The third-order valence-electron chi connectivity index (χ3n) is 3.08. The van der Waals surface area contributed by atoms with Crippen LogP contribution >= 0.6 is 11.6 Å². The zero-order valence-corrected chi connectivity index (χ0v) is 10.5. The molecule has 0 aliphatic heterocycles. The first-order valence-electron chi connectivity index (χ1n) is 5.71. The van der Waals surface area contributed by atoms with Crippen LogP contribution < -0.4 is 0 Å². The minimum atomic E-state index is -0.939. The van der Waals surface area contributed by atoms with E-state index in [0.29, 0.717) is 11.4 Å². The smallest absolute Gasteiger partial charge is 0.114 e. The molecule has 2 aromatic rings. The predicted octanol–water partition coefficient (Wildman–Crippen LogP) is 3.99. The lowest BCUT2D eigenvalue weighted by Gasteiger charge is -2.28. The van der Waals surface area contributed by atoms with Gasteiger partial charge in [0.2, 0.25) is 0 Å². The lowest BCUT2D eigenvalue weighted by Crippen LogP contribution is -2.26. The van der Waals surface area contributed by atoms with Gasteiger partial charge >= 0.3 is 0 Å². The van der Waals surface area contributed by atoms with Gasteiger partial charge in [0.15, 0.2) is 0 Å². The SMILES string of the molecule is CC[C@@](O)(c1ccccc1)c1ccc(Cl)cc1. The molecule has 0 saturated carbocycles. The fraction of sp³-hybridized carbons (Fsp3) is 0.200. The molecule has 0 aliphatic carbocycles. The van der Waals surface area contributed by atoms with Crippen molar-refractivity contribution in [1.29, 1.82) is 0 Å². The highest BCUT2D eigenvalue weighted by Gasteiger charge is 2.28. The van der Waals surface area contributed by atoms with Crippen LogP contribution in [0, 0.1) is 0 Å². The van der Waals surface area contributed by atoms with Crippen LogP contribution in [-0.4, -0.2) is 5.11 Å². The van der Waals surface area contributed by atoms with Crippen molar-refractivity contribution in [2.45, 2.75) is 18.9 Å². The summed E-state index contributed by atoms with van der Waals surface area (Å²) in [6.45, 7) is 1.97. The molecule has 1 nitrogen and oxygen atoms in total. The summed E-state index contributed by atoms with van der Waals surface area (Å²) in [5, 5.41) is 11.5. The van der Waals surface area contributed by atoms with Crippen LogP contribution in [0.1, 0.15) is 24.5 Å². The van der Waals surface area contributed by atoms with E-state index in [1.165, 1.54) is 0 Å². The van der Waals surface area contributed by atoms with Gasteiger partial charge in [-0.05, 0) is 29.7 Å². The molecular formula is C15H15ClO. The van der Waals surface area contributed by atoms with Gasteiger partial charge in [0.25, 0.3) is 0 Å². The van der Waals surface area contributed by atoms with E-state index in [-0.39, 0.29) is 0 Å². The number of rotatable bonds is 3. The van der Waals surface area contributed by atoms with Gasteiger partial charge in [0.05, 0.1) is 0 Å². The van der Waals surface area contributed by atoms with E-state index in [9.17, 15) is 5.11 Å². The summed E-state index contributed by atoms with van der Waals surface area (Å²) in [5.74, 6) is 0. The van der Waals surface area contributed by atoms with Gasteiger partial charge in [-0.15, -0.1) is 0 Å². The summed E-state index contributed by atoms with van der Waals surface area (Å²) in [5.41, 5.74) is 0.840. The maximum Gasteiger partial charge on any atom is 0.114 e. The zero-order valence-electron chi connectivity index (χ0n) is 9.73. The second kappa shape index (κ2) is 4.91. The molecule has 1 atom stereocenters. The molecular weight excluding hydrogens is 232 g/mol. The molecule has 1 N–H and O–H groups in total. The Bertz CT molecular complexity index is 478. The molecule has 0 spiro atoms. The molecule has 2 aromatic carbocycles. The van der Waals surface area contributed by atoms with Crippen molar-refractivity contribution in [1.82, 2.24) is 0 Å². The first-order chi connectivity index (χ1) is 8.16. The zero-order chi connectivity index (χ0) is 12.3. The average molecular weight is 247 g/mol. The number of hydrogen-bond donors (Lipinski definition) is 1. The molecule has 17 heavy (non-hydrogen) atoms. The third kappa shape index (κ3) is 2.36. The fourth-order valence-corrected chi connectivity index (χ4v) is 2.14. The van der Waals surface area contributed by atoms with E-state index in [1.54, 1.807) is 12.1 Å². The molecule has 0 aliphatic rings. The second-order valence-corrected chi connectivity index (χ2v) is 4.52. The van der Waals surface area contributed by atoms with Crippen molar-refractivity contribution in [2.24, 2.45) is 0 Å². The second-order valence-electron chi connectivity index (χ2n) is 4.09. The van der Waals surface area contributed by atoms with Crippen molar-refractivity contribution in [3.05, 3.63) is 70.7 Å². The molecule has 0 bridgehead atoms. The third-order valence-corrected chi connectivity index (χ3v) is 3.34. The molecule has 0 heterocycles. The standard InChI is InChI=1S/C15H15ClO/c1-2-15(17,12-6-4-3-5-7-12)13-8-10-14(16)11-9-13/h3-11,17H,2H2,1H3/t15-/m1/s1. The summed E-state index contributed by atoms with van der Waals surface area (Å²) in [6.07, 6.45) is 0.624. The van der Waals surface area contributed by atoms with Gasteiger partial charge in [0, 0.05) is 5.02 Å². The Hall–Kier alpha value is -1.31. The van der Waals surface area contributed by atoms with Gasteiger partial charge in [-0.1, -0.05) is 61.0 Å². The number of aliphatic hydroxyl groups is 1. The molecule has 2 rings (SSSR count). The monoisotopic (exact) mass is 246 g/mol. The summed E-state index contributed by atoms with van der Waals surface area (Å²) in [6, 6.07) is 17.1. The quantitative estimate of drug-likeness (QED) is 0.868. The molecule has 0 aromatic heterocycles. The van der Waals surface area contributed by atoms with Crippen LogP contribution in [0.25, 0.3) is 0 Å². The highest BCUT2D eigenvalue weighted by molar-refractivity contribution is 6.30. The molecule has 2 heteroatoms. The Morgan fingerprint density at radius 2 is 1.47 bits per heavy atom. The molecule has 0 radical (unpaired) electrons. The van der Waals surface area contributed by atoms with Gasteiger partial charge in [-0.25, -0.2) is 0 Å². The predicted molar refractivity (Wildman–Crippen MR) is 71.2 cm³/mol. The van der Waals surface area contributed by atoms with Crippen molar-refractivity contribution >= 4 is 11.6 Å². The van der Waals surface area contributed by atoms with Crippen molar-refractivity contribution in [3.63, 3.8) is 0 Å². The van der Waals surface area contributed by atoms with Crippen LogP contribution in [0.3, 0.4) is 0 Å². The molecule has 0 amide bonds. The summed E-state index contributed by atoms with van der Waals surface area (Å²) < 4.78 is 0. The van der Waals surface area contributed by atoms with Crippen LogP contribution in [-0.2, 0) is 5.60 Å². The maximum absolute atomic E-state index is 10.8. The highest BCUT2D eigenvalue weighted by atomic mass is 35.5. The van der Waals surface area contributed by atoms with E-state index in [2.05, 4.69) is 0 Å². The normalized spacial score (nSPS) is 14.3. The Kier molecular flexibility index (Phi) is 3.51. The van der Waals surface area contributed by atoms with Crippen molar-refractivity contribution in [2.75, 3.05) is 0 Å². The van der Waals surface area contributed by atoms with E-state index in [1.807, 2.05) is 49.4 Å². The number of halogens is 1.